The molecule has 0 unspecified atom stereocenters. The number of aromatic nitrogens is 3. The molecule has 2 aromatic carbocycles. The summed E-state index contributed by atoms with van der Waals surface area (Å²) >= 11 is 0. The van der Waals surface area contributed by atoms with Gasteiger partial charge in [0.1, 0.15) is 11.3 Å². The summed E-state index contributed by atoms with van der Waals surface area (Å²) in [4.78, 5) is 16.7. The number of nitrogens with zero attached hydrogens (tertiary/aromatic N) is 1. The molecule has 0 bridgehead atoms. The Labute approximate surface area is 113 Å². The molecule has 0 saturated heterocycles. The van der Waals surface area contributed by atoms with E-state index in [1.807, 2.05) is 42.5 Å². The molecule has 0 fully saturated rings. The number of fused-ring (bicyclic) bond motifs is 2. The second-order valence-corrected chi connectivity index (χ2v) is 4.76. The van der Waals surface area contributed by atoms with E-state index in [4.69, 9.17) is 4.52 Å². The summed E-state index contributed by atoms with van der Waals surface area (Å²) in [6.07, 6.45) is 0.643. The summed E-state index contributed by atoms with van der Waals surface area (Å²) in [5, 5.41) is 5.07. The van der Waals surface area contributed by atoms with Crippen LogP contribution in [0.15, 0.2) is 51.8 Å². The predicted molar refractivity (Wildman–Crippen MR) is 75.7 cm³/mol. The zero-order valence-corrected chi connectivity index (χ0v) is 10.5. The van der Waals surface area contributed by atoms with Crippen LogP contribution < -0.4 is 5.69 Å². The van der Waals surface area contributed by atoms with Crippen LogP contribution in [0.2, 0.25) is 0 Å². The first-order valence-corrected chi connectivity index (χ1v) is 6.34. The van der Waals surface area contributed by atoms with Gasteiger partial charge in [-0.2, -0.15) is 0 Å². The fraction of sp³-hybridized carbons (Fsp3) is 0.0667. The van der Waals surface area contributed by atoms with Crippen LogP contribution in [0, 0.1) is 0 Å². The quantitative estimate of drug-likeness (QED) is 0.585. The molecule has 0 aliphatic rings. The molecule has 2 aromatic heterocycles. The Balaban J connectivity index is 1.78. The van der Waals surface area contributed by atoms with Crippen LogP contribution in [0.1, 0.15) is 11.3 Å². The smallest absolute Gasteiger partial charge is 0.323 e. The fourth-order valence-electron chi connectivity index (χ4n) is 2.45. The first-order chi connectivity index (χ1) is 9.79. The number of H-pyrrole nitrogens is 2. The first-order valence-electron chi connectivity index (χ1n) is 6.34. The highest BCUT2D eigenvalue weighted by molar-refractivity contribution is 5.81. The molecule has 0 amide bonds. The van der Waals surface area contributed by atoms with Gasteiger partial charge >= 0.3 is 5.69 Å². The Hall–Kier alpha value is -2.82. The van der Waals surface area contributed by atoms with Crippen LogP contribution >= 0.6 is 0 Å². The van der Waals surface area contributed by atoms with E-state index in [-0.39, 0.29) is 5.69 Å². The van der Waals surface area contributed by atoms with Crippen LogP contribution in [0.4, 0.5) is 0 Å². The highest BCUT2D eigenvalue weighted by atomic mass is 16.5. The van der Waals surface area contributed by atoms with Gasteiger partial charge in [0.15, 0.2) is 0 Å². The second kappa shape index (κ2) is 4.09. The van der Waals surface area contributed by atoms with E-state index in [1.165, 1.54) is 0 Å². The van der Waals surface area contributed by atoms with Gasteiger partial charge in [-0.25, -0.2) is 4.79 Å². The first kappa shape index (κ1) is 11.0. The predicted octanol–water partition coefficient (Wildman–Crippen LogP) is 2.59. The minimum Gasteiger partial charge on any atom is -0.360 e. The van der Waals surface area contributed by atoms with E-state index in [0.717, 1.165) is 33.3 Å². The summed E-state index contributed by atoms with van der Waals surface area (Å²) in [5.41, 5.74) is 3.34. The van der Waals surface area contributed by atoms with Crippen molar-refractivity contribution in [2.75, 3.05) is 0 Å². The lowest BCUT2D eigenvalue weighted by molar-refractivity contribution is 0.397. The minimum absolute atomic E-state index is 0.192. The molecule has 0 spiro atoms. The van der Waals surface area contributed by atoms with Crippen molar-refractivity contribution in [3.63, 3.8) is 0 Å². The van der Waals surface area contributed by atoms with Crippen LogP contribution in [0.3, 0.4) is 0 Å². The lowest BCUT2D eigenvalue weighted by Crippen LogP contribution is -1.99. The molecule has 0 aliphatic carbocycles. The van der Waals surface area contributed by atoms with E-state index < -0.39 is 0 Å². The topological polar surface area (TPSA) is 74.7 Å². The van der Waals surface area contributed by atoms with Crippen molar-refractivity contribution in [2.24, 2.45) is 0 Å². The van der Waals surface area contributed by atoms with Gasteiger partial charge in [0.05, 0.1) is 11.0 Å². The molecule has 4 aromatic rings. The van der Waals surface area contributed by atoms with Gasteiger partial charge in [0.2, 0.25) is 0 Å². The number of imidazole rings is 1. The summed E-state index contributed by atoms with van der Waals surface area (Å²) in [6, 6.07) is 13.6. The normalized spacial score (nSPS) is 11.4. The number of hydrogen-bond donors (Lipinski definition) is 2. The Bertz CT molecular complexity index is 962. The molecule has 98 valence electrons. The number of hydrogen-bond acceptors (Lipinski definition) is 3. The highest BCUT2D eigenvalue weighted by Gasteiger charge is 2.09. The van der Waals surface area contributed by atoms with E-state index in [1.54, 1.807) is 0 Å². The lowest BCUT2D eigenvalue weighted by atomic mass is 10.1. The van der Waals surface area contributed by atoms with Gasteiger partial charge in [0.25, 0.3) is 0 Å². The molecule has 5 nitrogen and oxygen atoms in total. The third-order valence-electron chi connectivity index (χ3n) is 3.40. The maximum atomic E-state index is 11.3. The summed E-state index contributed by atoms with van der Waals surface area (Å²) in [7, 11) is 0. The number of rotatable bonds is 2. The zero-order valence-electron chi connectivity index (χ0n) is 10.5. The van der Waals surface area contributed by atoms with Gasteiger partial charge in [-0.3, -0.25) is 0 Å². The molecule has 0 radical (unpaired) electrons. The standard InChI is InChI=1S/C15H11N3O2/c19-15-16-12-6-5-9(7-13(12)17-15)8-14-10-3-1-2-4-11(10)18-20-14/h1-7H,8H2,(H2,16,17,19). The van der Waals surface area contributed by atoms with Crippen molar-refractivity contribution >= 4 is 21.9 Å². The SMILES string of the molecule is O=c1[nH]c2ccc(Cc3onc4ccccc34)cc2[nH]1. The Morgan fingerprint density at radius 1 is 1.05 bits per heavy atom. The molecule has 0 saturated carbocycles. The van der Waals surface area contributed by atoms with Crippen LogP contribution in [-0.4, -0.2) is 15.1 Å². The molecule has 5 heteroatoms. The van der Waals surface area contributed by atoms with E-state index >= 15 is 0 Å². The Morgan fingerprint density at radius 3 is 2.85 bits per heavy atom. The highest BCUT2D eigenvalue weighted by Crippen LogP contribution is 2.21. The maximum Gasteiger partial charge on any atom is 0.323 e. The van der Waals surface area contributed by atoms with Crippen molar-refractivity contribution in [3.05, 3.63) is 64.3 Å². The maximum absolute atomic E-state index is 11.3. The van der Waals surface area contributed by atoms with Crippen molar-refractivity contribution < 1.29 is 4.52 Å². The van der Waals surface area contributed by atoms with Gasteiger partial charge in [0, 0.05) is 11.8 Å². The third kappa shape index (κ3) is 1.72. The molecule has 0 aliphatic heterocycles. The van der Waals surface area contributed by atoms with Crippen molar-refractivity contribution in [3.8, 4) is 0 Å². The lowest BCUT2D eigenvalue weighted by Gasteiger charge is -1.98. The Kier molecular flexibility index (Phi) is 2.26. The molecule has 4 rings (SSSR count). The van der Waals surface area contributed by atoms with E-state index in [9.17, 15) is 4.79 Å². The van der Waals surface area contributed by atoms with Crippen molar-refractivity contribution in [1.82, 2.24) is 15.1 Å². The van der Waals surface area contributed by atoms with Gasteiger partial charge in [-0.05, 0) is 29.8 Å². The average Bonchev–Trinajstić information content (AvgIpc) is 3.02. The van der Waals surface area contributed by atoms with Gasteiger partial charge < -0.3 is 14.5 Å². The number of benzene rings is 2. The average molecular weight is 265 g/mol. The molecular formula is C15H11N3O2. The van der Waals surface area contributed by atoms with Crippen LogP contribution in [0.25, 0.3) is 21.9 Å². The van der Waals surface area contributed by atoms with Crippen molar-refractivity contribution in [1.29, 1.82) is 0 Å². The fourth-order valence-corrected chi connectivity index (χ4v) is 2.45. The molecule has 2 N–H and O–H groups in total. The molecule has 0 atom stereocenters. The minimum atomic E-state index is -0.192. The largest absolute Gasteiger partial charge is 0.360 e. The van der Waals surface area contributed by atoms with Crippen LogP contribution in [-0.2, 0) is 6.42 Å². The summed E-state index contributed by atoms with van der Waals surface area (Å²) in [5.74, 6) is 0.831. The second-order valence-electron chi connectivity index (χ2n) is 4.76. The molecule has 2 heterocycles. The zero-order chi connectivity index (χ0) is 13.5. The van der Waals surface area contributed by atoms with Crippen LogP contribution in [0.5, 0.6) is 0 Å². The monoisotopic (exact) mass is 265 g/mol. The van der Waals surface area contributed by atoms with E-state index in [0.29, 0.717) is 6.42 Å². The Morgan fingerprint density at radius 2 is 1.90 bits per heavy atom. The van der Waals surface area contributed by atoms with Gasteiger partial charge in [-0.15, -0.1) is 0 Å². The van der Waals surface area contributed by atoms with E-state index in [2.05, 4.69) is 15.1 Å². The summed E-state index contributed by atoms with van der Waals surface area (Å²) < 4.78 is 5.41. The summed E-state index contributed by atoms with van der Waals surface area (Å²) in [6.45, 7) is 0. The van der Waals surface area contributed by atoms with Crippen molar-refractivity contribution in [2.45, 2.75) is 6.42 Å². The third-order valence-corrected chi connectivity index (χ3v) is 3.40. The number of nitrogens with one attached hydrogen (secondary N) is 2. The number of aromatic amines is 2. The van der Waals surface area contributed by atoms with Gasteiger partial charge in [-0.1, -0.05) is 23.4 Å². The molecule has 20 heavy (non-hydrogen) atoms. The molecular weight excluding hydrogens is 254 g/mol.